The van der Waals surface area contributed by atoms with Gasteiger partial charge in [-0.05, 0) is 58.9 Å². The minimum atomic E-state index is -4.07. The van der Waals surface area contributed by atoms with Crippen LogP contribution in [0.25, 0.3) is 22.1 Å². The van der Waals surface area contributed by atoms with Crippen LogP contribution in [0.5, 0.6) is 0 Å². The highest BCUT2D eigenvalue weighted by atomic mass is 32.2. The Labute approximate surface area is 292 Å². The topological polar surface area (TPSA) is 144 Å². The summed E-state index contributed by atoms with van der Waals surface area (Å²) in [6.07, 6.45) is 2.41. The molecular weight excluding hydrogens is 657 g/mol. The maximum Gasteiger partial charge on any atom is 0.263 e. The number of benzene rings is 2. The number of piperazine rings is 1. The minimum absolute atomic E-state index is 0.00132. The van der Waals surface area contributed by atoms with Gasteiger partial charge in [0.25, 0.3) is 15.6 Å². The number of unbranched alkanes of at least 4 members (excludes halogenated alkanes) is 1. The number of nitrogens with one attached hydrogen (secondary N) is 1. The molecule has 1 saturated heterocycles. The molecule has 13 heteroatoms. The highest BCUT2D eigenvalue weighted by Crippen LogP contribution is 2.37. The van der Waals surface area contributed by atoms with Crippen LogP contribution < -0.4 is 10.3 Å². The van der Waals surface area contributed by atoms with Gasteiger partial charge in [0.15, 0.2) is 5.82 Å². The van der Waals surface area contributed by atoms with Gasteiger partial charge < -0.3 is 18.7 Å². The van der Waals surface area contributed by atoms with E-state index < -0.39 is 10.0 Å². The van der Waals surface area contributed by atoms with E-state index in [-0.39, 0.29) is 35.1 Å². The lowest BCUT2D eigenvalue weighted by molar-refractivity contribution is -0.132. The summed E-state index contributed by atoms with van der Waals surface area (Å²) in [4.78, 5) is 36.5. The maximum atomic E-state index is 14.2. The summed E-state index contributed by atoms with van der Waals surface area (Å²) in [7, 11) is -2.04. The van der Waals surface area contributed by atoms with Gasteiger partial charge in [0, 0.05) is 65.9 Å². The van der Waals surface area contributed by atoms with E-state index in [9.17, 15) is 18.0 Å². The summed E-state index contributed by atoms with van der Waals surface area (Å²) in [5, 5.41) is 4.64. The Morgan fingerprint density at radius 1 is 1.00 bits per heavy atom. The van der Waals surface area contributed by atoms with Gasteiger partial charge in [0.2, 0.25) is 5.91 Å². The van der Waals surface area contributed by atoms with Gasteiger partial charge in [0.05, 0.1) is 17.9 Å². The Morgan fingerprint density at radius 3 is 2.44 bits per heavy atom. The van der Waals surface area contributed by atoms with Crippen molar-refractivity contribution in [3.05, 3.63) is 92.5 Å². The van der Waals surface area contributed by atoms with Crippen LogP contribution in [0.15, 0.2) is 61.1 Å². The highest BCUT2D eigenvalue weighted by molar-refractivity contribution is 7.92. The van der Waals surface area contributed by atoms with Crippen LogP contribution in [0.4, 0.5) is 5.82 Å². The van der Waals surface area contributed by atoms with Crippen molar-refractivity contribution in [2.75, 3.05) is 37.9 Å². The molecule has 0 unspecified atom stereocenters. The number of hydrogen-bond donors (Lipinski definition) is 1. The molecule has 0 radical (unpaired) electrons. The van der Waals surface area contributed by atoms with E-state index in [0.717, 1.165) is 36.9 Å². The fraction of sp³-hybridized carbons (Fsp3) is 0.405. The molecule has 50 heavy (non-hydrogen) atoms. The standard InChI is InChI=1S/C37H44N6O6S/c1-7-8-13-33-38-25(4)30(21-34(44)42-18-16-41(6)17-19-42)37(45)43(33)22-27-14-15-29(35-31(27)20-23(2)48-35)28-11-9-10-12-32(28)50(46,47)40-36-24(3)26(5)49-39-36/h9-12,14-15,20H,7-8,13,16-19,21-22H2,1-6H3,(H,39,40). The molecule has 4 heterocycles. The predicted molar refractivity (Wildman–Crippen MR) is 192 cm³/mol. The Balaban J connectivity index is 1.39. The van der Waals surface area contributed by atoms with E-state index >= 15 is 0 Å². The van der Waals surface area contributed by atoms with Crippen LogP contribution in [-0.4, -0.2) is 72.1 Å². The Kier molecular flexibility index (Phi) is 9.99. The Bertz CT molecular complexity index is 2230. The van der Waals surface area contributed by atoms with Crippen LogP contribution in [-0.2, 0) is 34.2 Å². The van der Waals surface area contributed by atoms with Crippen molar-refractivity contribution in [3.63, 3.8) is 0 Å². The molecule has 0 aliphatic carbocycles. The van der Waals surface area contributed by atoms with Gasteiger partial charge in [-0.1, -0.05) is 48.8 Å². The van der Waals surface area contributed by atoms with E-state index in [0.29, 0.717) is 70.4 Å². The molecule has 1 aliphatic rings. The molecule has 264 valence electrons. The number of nitrogens with zero attached hydrogens (tertiary/aromatic N) is 5. The summed E-state index contributed by atoms with van der Waals surface area (Å²) in [5.41, 5.74) is 3.74. The van der Waals surface area contributed by atoms with E-state index in [1.54, 1.807) is 36.6 Å². The smallest absolute Gasteiger partial charge is 0.263 e. The van der Waals surface area contributed by atoms with Crippen molar-refractivity contribution < 1.29 is 22.2 Å². The van der Waals surface area contributed by atoms with Gasteiger partial charge in [0.1, 0.15) is 22.9 Å². The van der Waals surface area contributed by atoms with Crippen molar-refractivity contribution in [3.8, 4) is 11.1 Å². The quantitative estimate of drug-likeness (QED) is 0.192. The largest absolute Gasteiger partial charge is 0.461 e. The lowest BCUT2D eigenvalue weighted by Crippen LogP contribution is -2.48. The number of carbonyl (C=O) groups is 1. The lowest BCUT2D eigenvalue weighted by Gasteiger charge is -2.32. The molecule has 1 amide bonds. The number of furan rings is 1. The van der Waals surface area contributed by atoms with Crippen molar-refractivity contribution in [2.24, 2.45) is 0 Å². The number of sulfonamides is 1. The first-order valence-corrected chi connectivity index (χ1v) is 18.5. The first-order chi connectivity index (χ1) is 23.9. The summed E-state index contributed by atoms with van der Waals surface area (Å²) in [6, 6.07) is 12.4. The summed E-state index contributed by atoms with van der Waals surface area (Å²) in [6.45, 7) is 12.3. The van der Waals surface area contributed by atoms with Crippen molar-refractivity contribution in [1.29, 1.82) is 0 Å². The number of amides is 1. The van der Waals surface area contributed by atoms with E-state index in [1.807, 2.05) is 44.0 Å². The maximum absolute atomic E-state index is 14.2. The van der Waals surface area contributed by atoms with Gasteiger partial charge in [-0.3, -0.25) is 18.9 Å². The second kappa shape index (κ2) is 14.2. The van der Waals surface area contributed by atoms with Crippen LogP contribution in [0.3, 0.4) is 0 Å². The van der Waals surface area contributed by atoms with Crippen molar-refractivity contribution in [2.45, 2.75) is 71.7 Å². The lowest BCUT2D eigenvalue weighted by atomic mass is 9.99. The summed E-state index contributed by atoms with van der Waals surface area (Å²) >= 11 is 0. The minimum Gasteiger partial charge on any atom is -0.461 e. The Morgan fingerprint density at radius 2 is 1.74 bits per heavy atom. The highest BCUT2D eigenvalue weighted by Gasteiger charge is 2.26. The number of fused-ring (bicyclic) bond motifs is 1. The first kappa shape index (κ1) is 35.1. The zero-order valence-electron chi connectivity index (χ0n) is 29.5. The van der Waals surface area contributed by atoms with Gasteiger partial charge >= 0.3 is 0 Å². The molecule has 0 spiro atoms. The second-order valence-electron chi connectivity index (χ2n) is 13.1. The second-order valence-corrected chi connectivity index (χ2v) is 14.8. The van der Waals surface area contributed by atoms with Crippen LogP contribution in [0.2, 0.25) is 0 Å². The summed E-state index contributed by atoms with van der Waals surface area (Å²) < 4.78 is 43.1. The number of anilines is 1. The molecular formula is C37H44N6O6S. The normalized spacial score (nSPS) is 14.1. The predicted octanol–water partition coefficient (Wildman–Crippen LogP) is 5.39. The van der Waals surface area contributed by atoms with E-state index in [2.05, 4.69) is 21.7 Å². The number of rotatable bonds is 11. The average molecular weight is 701 g/mol. The molecule has 6 rings (SSSR count). The van der Waals surface area contributed by atoms with E-state index in [4.69, 9.17) is 13.9 Å². The number of aromatic nitrogens is 3. The summed E-state index contributed by atoms with van der Waals surface area (Å²) in [5.74, 6) is 1.90. The molecule has 0 atom stereocenters. The number of aryl methyl sites for hydroxylation is 4. The number of hydrogen-bond acceptors (Lipinski definition) is 9. The average Bonchev–Trinajstić information content (AvgIpc) is 3.64. The zero-order chi connectivity index (χ0) is 35.7. The first-order valence-electron chi connectivity index (χ1n) is 17.0. The molecule has 1 N–H and O–H groups in total. The van der Waals surface area contributed by atoms with Crippen LogP contribution in [0, 0.1) is 27.7 Å². The molecule has 1 fully saturated rings. The van der Waals surface area contributed by atoms with Crippen molar-refractivity contribution in [1.82, 2.24) is 24.5 Å². The third-order valence-corrected chi connectivity index (χ3v) is 11.0. The van der Waals surface area contributed by atoms with Crippen LogP contribution >= 0.6 is 0 Å². The van der Waals surface area contributed by atoms with Gasteiger partial charge in [-0.2, -0.15) is 0 Å². The monoisotopic (exact) mass is 700 g/mol. The van der Waals surface area contributed by atoms with Crippen LogP contribution in [0.1, 0.15) is 59.5 Å². The zero-order valence-corrected chi connectivity index (χ0v) is 30.3. The molecule has 1 aliphatic heterocycles. The van der Waals surface area contributed by atoms with Crippen molar-refractivity contribution >= 4 is 32.7 Å². The molecule has 5 aromatic rings. The Hall–Kier alpha value is -4.75. The molecule has 12 nitrogen and oxygen atoms in total. The van der Waals surface area contributed by atoms with E-state index in [1.165, 1.54) is 6.07 Å². The fourth-order valence-corrected chi connectivity index (χ4v) is 7.69. The third kappa shape index (κ3) is 6.97. The fourth-order valence-electron chi connectivity index (χ4n) is 6.41. The van der Waals surface area contributed by atoms with Gasteiger partial charge in [-0.15, -0.1) is 0 Å². The molecule has 0 bridgehead atoms. The molecule has 3 aromatic heterocycles. The number of likely N-dealkylation sites (N-methyl/N-ethyl adjacent to an activating group) is 1. The molecule has 0 saturated carbocycles. The van der Waals surface area contributed by atoms with Gasteiger partial charge in [-0.25, -0.2) is 13.4 Å². The third-order valence-electron chi connectivity index (χ3n) is 9.57. The molecule has 2 aromatic carbocycles. The SMILES string of the molecule is CCCCc1nc(C)c(CC(=O)N2CCN(C)CC2)c(=O)n1Cc1ccc(-c2ccccc2S(=O)(=O)Nc2noc(C)c2C)c2oc(C)cc12. The number of carbonyl (C=O) groups excluding carboxylic acids is 1.